The lowest BCUT2D eigenvalue weighted by molar-refractivity contribution is -0.130. The molecule has 0 spiro atoms. The molecule has 1 amide bonds. The SMILES string of the molecule is NCC1CCN(C(=O)CCn2cc(Br)ccc2=O)C1. The smallest absolute Gasteiger partial charge is 0.250 e. The highest BCUT2D eigenvalue weighted by Gasteiger charge is 2.24. The summed E-state index contributed by atoms with van der Waals surface area (Å²) in [5, 5.41) is 0. The van der Waals surface area contributed by atoms with E-state index in [1.54, 1.807) is 16.8 Å². The molecule has 6 heteroatoms. The van der Waals surface area contributed by atoms with Crippen LogP contribution in [0.3, 0.4) is 0 Å². The Balaban J connectivity index is 1.90. The fourth-order valence-corrected chi connectivity index (χ4v) is 2.68. The molecular formula is C13H18BrN3O2. The Hall–Kier alpha value is -1.14. The molecule has 1 atom stereocenters. The van der Waals surface area contributed by atoms with E-state index >= 15 is 0 Å². The zero-order valence-electron chi connectivity index (χ0n) is 10.7. The number of aryl methyl sites for hydroxylation is 1. The number of aromatic nitrogens is 1. The van der Waals surface area contributed by atoms with Gasteiger partial charge in [-0.1, -0.05) is 0 Å². The van der Waals surface area contributed by atoms with Crippen molar-refractivity contribution in [2.75, 3.05) is 19.6 Å². The molecule has 2 rings (SSSR count). The number of hydrogen-bond donors (Lipinski definition) is 1. The van der Waals surface area contributed by atoms with Gasteiger partial charge < -0.3 is 15.2 Å². The summed E-state index contributed by atoms with van der Waals surface area (Å²) >= 11 is 3.32. The second kappa shape index (κ2) is 6.34. The van der Waals surface area contributed by atoms with E-state index in [-0.39, 0.29) is 11.5 Å². The number of hydrogen-bond acceptors (Lipinski definition) is 3. The van der Waals surface area contributed by atoms with Gasteiger partial charge in [0.1, 0.15) is 0 Å². The van der Waals surface area contributed by atoms with Gasteiger partial charge >= 0.3 is 0 Å². The molecule has 1 aromatic heterocycles. The Morgan fingerprint density at radius 1 is 1.47 bits per heavy atom. The molecule has 5 nitrogen and oxygen atoms in total. The number of pyridine rings is 1. The van der Waals surface area contributed by atoms with E-state index in [0.29, 0.717) is 25.4 Å². The summed E-state index contributed by atoms with van der Waals surface area (Å²) < 4.78 is 2.39. The van der Waals surface area contributed by atoms with Gasteiger partial charge in [-0.15, -0.1) is 0 Å². The maximum atomic E-state index is 12.0. The van der Waals surface area contributed by atoms with Crippen LogP contribution >= 0.6 is 15.9 Å². The second-order valence-corrected chi connectivity index (χ2v) is 5.77. The van der Waals surface area contributed by atoms with Crippen molar-refractivity contribution in [3.8, 4) is 0 Å². The van der Waals surface area contributed by atoms with Gasteiger partial charge in [-0.2, -0.15) is 0 Å². The van der Waals surface area contributed by atoms with Crippen molar-refractivity contribution in [1.29, 1.82) is 0 Å². The number of halogens is 1. The van der Waals surface area contributed by atoms with Crippen molar-refractivity contribution in [2.45, 2.75) is 19.4 Å². The van der Waals surface area contributed by atoms with E-state index in [4.69, 9.17) is 5.73 Å². The topological polar surface area (TPSA) is 68.3 Å². The number of rotatable bonds is 4. The number of likely N-dealkylation sites (tertiary alicyclic amines) is 1. The first-order valence-electron chi connectivity index (χ1n) is 6.44. The first-order chi connectivity index (χ1) is 9.10. The van der Waals surface area contributed by atoms with E-state index in [1.807, 2.05) is 4.90 Å². The Bertz CT molecular complexity index is 515. The van der Waals surface area contributed by atoms with Crippen LogP contribution in [0.1, 0.15) is 12.8 Å². The fourth-order valence-electron chi connectivity index (χ4n) is 2.30. The third-order valence-electron chi connectivity index (χ3n) is 3.49. The van der Waals surface area contributed by atoms with Crippen LogP contribution < -0.4 is 11.3 Å². The van der Waals surface area contributed by atoms with Crippen molar-refractivity contribution >= 4 is 21.8 Å². The molecule has 0 saturated carbocycles. The van der Waals surface area contributed by atoms with Crippen molar-refractivity contribution in [3.05, 3.63) is 33.2 Å². The van der Waals surface area contributed by atoms with Gasteiger partial charge in [-0.3, -0.25) is 9.59 Å². The number of amides is 1. The highest BCUT2D eigenvalue weighted by molar-refractivity contribution is 9.10. The lowest BCUT2D eigenvalue weighted by atomic mass is 10.1. The molecule has 0 radical (unpaired) electrons. The van der Waals surface area contributed by atoms with Crippen molar-refractivity contribution in [1.82, 2.24) is 9.47 Å². The molecule has 1 fully saturated rings. The lowest BCUT2D eigenvalue weighted by Gasteiger charge is -2.16. The molecule has 0 bridgehead atoms. The predicted octanol–water partition coefficient (Wildman–Crippen LogP) is 0.808. The highest BCUT2D eigenvalue weighted by Crippen LogP contribution is 2.15. The number of nitrogens with zero attached hydrogens (tertiary/aromatic N) is 2. The third kappa shape index (κ3) is 3.67. The summed E-state index contributed by atoms with van der Waals surface area (Å²) in [6.45, 7) is 2.59. The standard InChI is InChI=1S/C13H18BrN3O2/c14-11-1-2-12(18)17(9-11)6-4-13(19)16-5-3-10(7-15)8-16/h1-2,9-10H,3-8,15H2. The minimum atomic E-state index is -0.0859. The van der Waals surface area contributed by atoms with E-state index in [0.717, 1.165) is 24.0 Å². The molecule has 0 aliphatic carbocycles. The van der Waals surface area contributed by atoms with E-state index < -0.39 is 0 Å². The van der Waals surface area contributed by atoms with Crippen LogP contribution in [0, 0.1) is 5.92 Å². The van der Waals surface area contributed by atoms with Gasteiger partial charge in [0.15, 0.2) is 0 Å². The number of nitrogens with two attached hydrogens (primary N) is 1. The molecule has 104 valence electrons. The van der Waals surface area contributed by atoms with E-state index in [1.165, 1.54) is 6.07 Å². The summed E-state index contributed by atoms with van der Waals surface area (Å²) in [4.78, 5) is 25.5. The van der Waals surface area contributed by atoms with Gasteiger partial charge in [0.05, 0.1) is 0 Å². The van der Waals surface area contributed by atoms with Crippen LogP contribution in [0.15, 0.2) is 27.6 Å². The Morgan fingerprint density at radius 3 is 2.95 bits per heavy atom. The van der Waals surface area contributed by atoms with Gasteiger partial charge in [0, 0.05) is 42.8 Å². The molecule has 0 aromatic carbocycles. The molecule has 1 aliphatic rings. The average Bonchev–Trinajstić information content (AvgIpc) is 2.88. The summed E-state index contributed by atoms with van der Waals surface area (Å²) in [6, 6.07) is 3.20. The second-order valence-electron chi connectivity index (χ2n) is 4.86. The van der Waals surface area contributed by atoms with Crippen LogP contribution in [0.2, 0.25) is 0 Å². The maximum absolute atomic E-state index is 12.0. The Morgan fingerprint density at radius 2 is 2.26 bits per heavy atom. The third-order valence-corrected chi connectivity index (χ3v) is 3.95. The minimum absolute atomic E-state index is 0.0859. The van der Waals surface area contributed by atoms with Gasteiger partial charge in [0.25, 0.3) is 5.56 Å². The molecule has 1 aromatic rings. The van der Waals surface area contributed by atoms with E-state index in [9.17, 15) is 9.59 Å². The summed E-state index contributed by atoms with van der Waals surface area (Å²) in [5.41, 5.74) is 5.52. The van der Waals surface area contributed by atoms with Crippen LogP contribution in [-0.4, -0.2) is 35.0 Å². The van der Waals surface area contributed by atoms with Crippen molar-refractivity contribution < 1.29 is 4.79 Å². The number of carbonyl (C=O) groups is 1. The van der Waals surface area contributed by atoms with Gasteiger partial charge in [-0.25, -0.2) is 0 Å². The zero-order chi connectivity index (χ0) is 13.8. The first-order valence-corrected chi connectivity index (χ1v) is 7.23. The molecule has 2 N–H and O–H groups in total. The first kappa shape index (κ1) is 14.3. The normalized spacial score (nSPS) is 18.8. The molecular weight excluding hydrogens is 310 g/mol. The Labute approximate surface area is 120 Å². The maximum Gasteiger partial charge on any atom is 0.250 e. The van der Waals surface area contributed by atoms with Crippen LogP contribution in [0.4, 0.5) is 0 Å². The fraction of sp³-hybridized carbons (Fsp3) is 0.538. The average molecular weight is 328 g/mol. The quantitative estimate of drug-likeness (QED) is 0.889. The summed E-state index contributed by atoms with van der Waals surface area (Å²) in [7, 11) is 0. The molecule has 2 heterocycles. The van der Waals surface area contributed by atoms with E-state index in [2.05, 4.69) is 15.9 Å². The van der Waals surface area contributed by atoms with Crippen LogP contribution in [0.5, 0.6) is 0 Å². The minimum Gasteiger partial charge on any atom is -0.342 e. The largest absolute Gasteiger partial charge is 0.342 e. The summed E-state index contributed by atoms with van der Waals surface area (Å²) in [5.74, 6) is 0.528. The van der Waals surface area contributed by atoms with Gasteiger partial charge in [-0.05, 0) is 40.9 Å². The molecule has 1 aliphatic heterocycles. The summed E-state index contributed by atoms with van der Waals surface area (Å²) in [6.07, 6.45) is 3.05. The van der Waals surface area contributed by atoms with Crippen molar-refractivity contribution in [2.24, 2.45) is 11.7 Å². The highest BCUT2D eigenvalue weighted by atomic mass is 79.9. The van der Waals surface area contributed by atoms with Crippen LogP contribution in [-0.2, 0) is 11.3 Å². The van der Waals surface area contributed by atoms with Crippen LogP contribution in [0.25, 0.3) is 0 Å². The van der Waals surface area contributed by atoms with Gasteiger partial charge in [0.2, 0.25) is 5.91 Å². The number of carbonyl (C=O) groups excluding carboxylic acids is 1. The molecule has 1 unspecified atom stereocenters. The lowest BCUT2D eigenvalue weighted by Crippen LogP contribution is -2.31. The molecule has 19 heavy (non-hydrogen) atoms. The predicted molar refractivity (Wildman–Crippen MR) is 76.8 cm³/mol. The molecule has 1 saturated heterocycles. The van der Waals surface area contributed by atoms with Crippen molar-refractivity contribution in [3.63, 3.8) is 0 Å². The zero-order valence-corrected chi connectivity index (χ0v) is 12.3. The Kier molecular flexibility index (Phi) is 4.76. The monoisotopic (exact) mass is 327 g/mol.